The van der Waals surface area contributed by atoms with Gasteiger partial charge in [-0.15, -0.1) is 0 Å². The van der Waals surface area contributed by atoms with Crippen LogP contribution in [-0.2, 0) is 39.8 Å². The highest BCUT2D eigenvalue weighted by molar-refractivity contribution is 7.88. The number of alkyl halides is 6. The van der Waals surface area contributed by atoms with Crippen LogP contribution >= 0.6 is 0 Å². The molecule has 0 radical (unpaired) electrons. The van der Waals surface area contributed by atoms with Crippen molar-refractivity contribution in [1.82, 2.24) is 4.72 Å². The molecule has 4 nitrogen and oxygen atoms in total. The van der Waals surface area contributed by atoms with Gasteiger partial charge in [-0.05, 0) is 22.8 Å². The molecule has 0 unspecified atom stereocenters. The lowest BCUT2D eigenvalue weighted by molar-refractivity contribution is -0.176. The van der Waals surface area contributed by atoms with Gasteiger partial charge < -0.3 is 4.74 Å². The minimum absolute atomic E-state index is 0.00973. The van der Waals surface area contributed by atoms with Gasteiger partial charge in [0.1, 0.15) is 6.61 Å². The number of ether oxygens (including phenoxy) is 1. The Morgan fingerprint density at radius 2 is 1.48 bits per heavy atom. The molecule has 0 aliphatic carbocycles. The van der Waals surface area contributed by atoms with E-state index >= 15 is 0 Å². The van der Waals surface area contributed by atoms with E-state index in [-0.39, 0.29) is 18.7 Å². The second-order valence-electron chi connectivity index (χ2n) is 6.20. The minimum atomic E-state index is -4.57. The Labute approximate surface area is 163 Å². The molecule has 29 heavy (non-hydrogen) atoms. The Kier molecular flexibility index (Phi) is 7.30. The average molecular weight is 441 g/mol. The summed E-state index contributed by atoms with van der Waals surface area (Å²) in [5.74, 6) is -0.625. The van der Waals surface area contributed by atoms with Crippen molar-refractivity contribution in [2.24, 2.45) is 0 Å². The molecule has 2 rings (SSSR count). The molecule has 2 aromatic carbocycles. The quantitative estimate of drug-likeness (QED) is 0.618. The highest BCUT2D eigenvalue weighted by atomic mass is 32.2. The van der Waals surface area contributed by atoms with E-state index in [0.29, 0.717) is 11.1 Å². The van der Waals surface area contributed by atoms with Gasteiger partial charge in [0.2, 0.25) is 10.0 Å². The van der Waals surface area contributed by atoms with E-state index in [1.807, 2.05) is 0 Å². The molecule has 0 atom stereocenters. The van der Waals surface area contributed by atoms with Crippen molar-refractivity contribution in [2.75, 3.05) is 6.61 Å². The van der Waals surface area contributed by atoms with Crippen molar-refractivity contribution in [3.63, 3.8) is 0 Å². The van der Waals surface area contributed by atoms with Gasteiger partial charge in [0.25, 0.3) is 0 Å². The summed E-state index contributed by atoms with van der Waals surface area (Å²) in [6, 6.07) is 10.0. The van der Waals surface area contributed by atoms with Gasteiger partial charge in [-0.3, -0.25) is 0 Å². The number of nitrogens with one attached hydrogen (secondary N) is 1. The maximum Gasteiger partial charge on any atom is 0.416 e. The van der Waals surface area contributed by atoms with Crippen LogP contribution in [0.25, 0.3) is 0 Å². The first kappa shape index (κ1) is 23.2. The summed E-state index contributed by atoms with van der Waals surface area (Å²) in [5.41, 5.74) is 0.0556. The van der Waals surface area contributed by atoms with Crippen LogP contribution in [0.5, 0.6) is 0 Å². The van der Waals surface area contributed by atoms with E-state index in [1.165, 1.54) is 30.3 Å². The number of halogens is 6. The van der Waals surface area contributed by atoms with Crippen molar-refractivity contribution in [2.45, 2.75) is 31.3 Å². The molecule has 0 heterocycles. The third-order valence-electron chi connectivity index (χ3n) is 3.66. The number of hydrogen-bond donors (Lipinski definition) is 1. The zero-order valence-corrected chi connectivity index (χ0v) is 15.7. The second-order valence-corrected chi connectivity index (χ2v) is 8.01. The molecule has 160 valence electrons. The minimum Gasteiger partial charge on any atom is -0.367 e. The summed E-state index contributed by atoms with van der Waals surface area (Å²) < 4.78 is 105. The normalized spacial score (nSPS) is 12.9. The van der Waals surface area contributed by atoms with Gasteiger partial charge in [0, 0.05) is 6.54 Å². The summed E-state index contributed by atoms with van der Waals surface area (Å²) in [5, 5.41) is 0. The molecule has 0 aliphatic rings. The van der Waals surface area contributed by atoms with E-state index in [0.717, 1.165) is 18.2 Å². The third kappa shape index (κ3) is 8.42. The Bertz CT molecular complexity index is 908. The van der Waals surface area contributed by atoms with Crippen LogP contribution in [0.3, 0.4) is 0 Å². The van der Waals surface area contributed by atoms with Gasteiger partial charge in [-0.25, -0.2) is 13.1 Å². The van der Waals surface area contributed by atoms with Crippen molar-refractivity contribution < 1.29 is 39.5 Å². The van der Waals surface area contributed by atoms with Crippen LogP contribution in [0.4, 0.5) is 26.3 Å². The molecule has 0 aromatic heterocycles. The first-order chi connectivity index (χ1) is 13.3. The predicted molar refractivity (Wildman–Crippen MR) is 93.1 cm³/mol. The fraction of sp³-hybridized carbons (Fsp3) is 0.333. The van der Waals surface area contributed by atoms with Gasteiger partial charge in [-0.1, -0.05) is 42.5 Å². The highest BCUT2D eigenvalue weighted by Gasteiger charge is 2.30. The molecular weight excluding hydrogens is 424 g/mol. The number of benzene rings is 2. The van der Waals surface area contributed by atoms with Gasteiger partial charge in [0.15, 0.2) is 0 Å². The summed E-state index contributed by atoms with van der Waals surface area (Å²) in [6.07, 6.45) is -8.99. The van der Waals surface area contributed by atoms with E-state index in [4.69, 9.17) is 0 Å². The standard InChI is InChI=1S/C18H17F6NO3S/c19-17(20,21)12-28-10-14-6-4-13(5-7-14)9-25-29(26,27)11-15-2-1-3-16(8-15)18(22,23)24/h1-8,25H,9-12H2. The van der Waals surface area contributed by atoms with E-state index in [9.17, 15) is 34.8 Å². The maximum absolute atomic E-state index is 12.7. The molecule has 0 bridgehead atoms. The highest BCUT2D eigenvalue weighted by Crippen LogP contribution is 2.29. The zero-order valence-electron chi connectivity index (χ0n) is 14.8. The van der Waals surface area contributed by atoms with E-state index in [2.05, 4.69) is 9.46 Å². The monoisotopic (exact) mass is 441 g/mol. The Balaban J connectivity index is 1.90. The van der Waals surface area contributed by atoms with Crippen LogP contribution < -0.4 is 4.72 Å². The van der Waals surface area contributed by atoms with Gasteiger partial charge >= 0.3 is 12.4 Å². The predicted octanol–water partition coefficient (Wildman–Crippen LogP) is 4.40. The van der Waals surface area contributed by atoms with Crippen LogP contribution in [0.15, 0.2) is 48.5 Å². The summed E-state index contributed by atoms with van der Waals surface area (Å²) in [7, 11) is -3.90. The molecular formula is C18H17F6NO3S. The Hall–Kier alpha value is -2.11. The molecule has 1 N–H and O–H groups in total. The van der Waals surface area contributed by atoms with Crippen LogP contribution in [0, 0.1) is 0 Å². The first-order valence-electron chi connectivity index (χ1n) is 8.20. The maximum atomic E-state index is 12.7. The largest absolute Gasteiger partial charge is 0.416 e. The van der Waals surface area contributed by atoms with Gasteiger partial charge in [-0.2, -0.15) is 26.3 Å². The Morgan fingerprint density at radius 1 is 0.862 bits per heavy atom. The topological polar surface area (TPSA) is 55.4 Å². The third-order valence-corrected chi connectivity index (χ3v) is 4.96. The van der Waals surface area contributed by atoms with Crippen molar-refractivity contribution >= 4 is 10.0 Å². The summed E-state index contributed by atoms with van der Waals surface area (Å²) in [4.78, 5) is 0. The number of rotatable bonds is 8. The van der Waals surface area contributed by atoms with Crippen LogP contribution in [0.2, 0.25) is 0 Å². The molecule has 2 aromatic rings. The van der Waals surface area contributed by atoms with E-state index < -0.39 is 40.3 Å². The lowest BCUT2D eigenvalue weighted by Crippen LogP contribution is -2.24. The number of hydrogen-bond acceptors (Lipinski definition) is 3. The smallest absolute Gasteiger partial charge is 0.367 e. The lowest BCUT2D eigenvalue weighted by Gasteiger charge is -2.11. The second kappa shape index (κ2) is 9.14. The number of sulfonamides is 1. The SMILES string of the molecule is O=S(=O)(Cc1cccc(C(F)(F)F)c1)NCc1ccc(COCC(F)(F)F)cc1. The fourth-order valence-electron chi connectivity index (χ4n) is 2.34. The molecule has 0 fully saturated rings. The summed E-state index contributed by atoms with van der Waals surface area (Å²) >= 11 is 0. The van der Waals surface area contributed by atoms with Crippen molar-refractivity contribution in [3.05, 3.63) is 70.8 Å². The van der Waals surface area contributed by atoms with Crippen LogP contribution in [-0.4, -0.2) is 21.2 Å². The first-order valence-corrected chi connectivity index (χ1v) is 9.85. The van der Waals surface area contributed by atoms with Crippen molar-refractivity contribution in [3.8, 4) is 0 Å². The van der Waals surface area contributed by atoms with Crippen LogP contribution in [0.1, 0.15) is 22.3 Å². The molecule has 0 spiro atoms. The molecule has 11 heteroatoms. The summed E-state index contributed by atoms with van der Waals surface area (Å²) in [6.45, 7) is -1.74. The fourth-order valence-corrected chi connectivity index (χ4v) is 3.45. The Morgan fingerprint density at radius 3 is 2.07 bits per heavy atom. The van der Waals surface area contributed by atoms with E-state index in [1.54, 1.807) is 0 Å². The van der Waals surface area contributed by atoms with Crippen molar-refractivity contribution in [1.29, 1.82) is 0 Å². The lowest BCUT2D eigenvalue weighted by atomic mass is 10.1. The molecule has 0 amide bonds. The molecule has 0 aliphatic heterocycles. The zero-order chi connectivity index (χ0) is 21.7. The molecule has 0 saturated heterocycles. The molecule has 0 saturated carbocycles. The van der Waals surface area contributed by atoms with Gasteiger partial charge in [0.05, 0.1) is 17.9 Å². The average Bonchev–Trinajstić information content (AvgIpc) is 2.59.